The number of benzene rings is 3. The molecule has 0 saturated carbocycles. The number of carboxylic acid groups (broad SMARTS) is 1. The molecule has 5 rings (SSSR count). The molecule has 2 heterocycles. The van der Waals surface area contributed by atoms with Crippen LogP contribution < -0.4 is 4.74 Å². The molecule has 0 fully saturated rings. The number of carbonyl (C=O) groups is 1. The Morgan fingerprint density at radius 3 is 2.60 bits per heavy atom. The highest BCUT2D eigenvalue weighted by Gasteiger charge is 2.32. The van der Waals surface area contributed by atoms with Crippen molar-refractivity contribution in [3.63, 3.8) is 0 Å². The SMILES string of the molecule is Cc1cc2cc(C)c(C(OC(C)(C)C)C(=O)O)c(-c3ccc4c5c(ccnc35)CCO4)c2cc1F. The lowest BCUT2D eigenvalue weighted by Gasteiger charge is -2.29. The predicted molar refractivity (Wildman–Crippen MR) is 135 cm³/mol. The number of aromatic nitrogens is 1. The molecule has 180 valence electrons. The van der Waals surface area contributed by atoms with Gasteiger partial charge in [-0.05, 0) is 98.0 Å². The molecule has 1 aliphatic rings. The highest BCUT2D eigenvalue weighted by molar-refractivity contribution is 6.09. The fourth-order valence-corrected chi connectivity index (χ4v) is 5.01. The number of hydrogen-bond acceptors (Lipinski definition) is 4. The Morgan fingerprint density at radius 1 is 1.14 bits per heavy atom. The summed E-state index contributed by atoms with van der Waals surface area (Å²) in [6.45, 7) is 9.66. The minimum Gasteiger partial charge on any atom is -0.493 e. The quantitative estimate of drug-likeness (QED) is 0.358. The van der Waals surface area contributed by atoms with Crippen LogP contribution in [0.4, 0.5) is 4.39 Å². The lowest BCUT2D eigenvalue weighted by Crippen LogP contribution is -2.28. The molecule has 5 nitrogen and oxygen atoms in total. The first-order valence-electron chi connectivity index (χ1n) is 11.7. The van der Waals surface area contributed by atoms with Crippen LogP contribution in [-0.4, -0.2) is 28.3 Å². The summed E-state index contributed by atoms with van der Waals surface area (Å²) in [6.07, 6.45) is 1.27. The first-order chi connectivity index (χ1) is 16.5. The highest BCUT2D eigenvalue weighted by Crippen LogP contribution is 2.45. The van der Waals surface area contributed by atoms with Crippen LogP contribution in [-0.2, 0) is 16.0 Å². The summed E-state index contributed by atoms with van der Waals surface area (Å²) in [5.74, 6) is -0.703. The van der Waals surface area contributed by atoms with E-state index in [1.807, 2.05) is 52.0 Å². The fourth-order valence-electron chi connectivity index (χ4n) is 5.01. The molecule has 0 amide bonds. The third kappa shape index (κ3) is 4.02. The van der Waals surface area contributed by atoms with Crippen LogP contribution in [0.1, 0.15) is 49.1 Å². The van der Waals surface area contributed by atoms with E-state index < -0.39 is 17.7 Å². The van der Waals surface area contributed by atoms with Crippen molar-refractivity contribution in [2.45, 2.75) is 52.7 Å². The van der Waals surface area contributed by atoms with Crippen molar-refractivity contribution in [1.82, 2.24) is 4.98 Å². The van der Waals surface area contributed by atoms with Gasteiger partial charge in [-0.3, -0.25) is 4.98 Å². The molecule has 0 saturated heterocycles. The summed E-state index contributed by atoms with van der Waals surface area (Å²) in [6, 6.07) is 11.0. The van der Waals surface area contributed by atoms with Crippen LogP contribution in [0.15, 0.2) is 42.6 Å². The zero-order valence-electron chi connectivity index (χ0n) is 20.5. The minimum atomic E-state index is -1.25. The average molecular weight is 474 g/mol. The normalized spacial score (nSPS) is 14.2. The van der Waals surface area contributed by atoms with Crippen LogP contribution in [0, 0.1) is 19.7 Å². The molecule has 35 heavy (non-hydrogen) atoms. The van der Waals surface area contributed by atoms with Crippen molar-refractivity contribution in [2.24, 2.45) is 0 Å². The third-order valence-electron chi connectivity index (χ3n) is 6.46. The van der Waals surface area contributed by atoms with E-state index in [1.54, 1.807) is 19.2 Å². The standard InChI is InChI=1S/C29H28FNO4/c1-15-12-18-13-16(2)23(27(28(32)33)35-29(3,4)5)25(20(18)14-21(15)30)19-6-7-22-24-17(9-11-34-22)8-10-31-26(19)24/h6-8,10,12-14,27H,9,11H2,1-5H3,(H,32,33). The molecule has 0 spiro atoms. The summed E-state index contributed by atoms with van der Waals surface area (Å²) in [4.78, 5) is 17.3. The van der Waals surface area contributed by atoms with Gasteiger partial charge in [0.25, 0.3) is 0 Å². The van der Waals surface area contributed by atoms with E-state index in [1.165, 1.54) is 6.07 Å². The highest BCUT2D eigenvalue weighted by atomic mass is 19.1. The van der Waals surface area contributed by atoms with E-state index in [9.17, 15) is 14.3 Å². The van der Waals surface area contributed by atoms with E-state index in [4.69, 9.17) is 14.5 Å². The minimum absolute atomic E-state index is 0.351. The van der Waals surface area contributed by atoms with Crippen LogP contribution >= 0.6 is 0 Å². The Labute approximate surface area is 203 Å². The molecular weight excluding hydrogens is 445 g/mol. The van der Waals surface area contributed by atoms with Gasteiger partial charge in [-0.25, -0.2) is 9.18 Å². The maximum atomic E-state index is 14.9. The molecule has 0 aliphatic carbocycles. The smallest absolute Gasteiger partial charge is 0.337 e. The topological polar surface area (TPSA) is 68.7 Å². The van der Waals surface area contributed by atoms with Crippen molar-refractivity contribution < 1.29 is 23.8 Å². The number of nitrogens with zero attached hydrogens (tertiary/aromatic N) is 1. The van der Waals surface area contributed by atoms with E-state index >= 15 is 0 Å². The predicted octanol–water partition coefficient (Wildman–Crippen LogP) is 6.69. The summed E-state index contributed by atoms with van der Waals surface area (Å²) >= 11 is 0. The Bertz CT molecular complexity index is 1490. The Hall–Kier alpha value is -3.51. The number of aliphatic carboxylic acids is 1. The van der Waals surface area contributed by atoms with Gasteiger partial charge in [-0.2, -0.15) is 0 Å². The number of aryl methyl sites for hydroxylation is 2. The third-order valence-corrected chi connectivity index (χ3v) is 6.46. The summed E-state index contributed by atoms with van der Waals surface area (Å²) < 4.78 is 26.9. The van der Waals surface area contributed by atoms with E-state index in [0.29, 0.717) is 34.2 Å². The van der Waals surface area contributed by atoms with Gasteiger partial charge in [0.05, 0.1) is 17.7 Å². The molecule has 1 atom stereocenters. The summed E-state index contributed by atoms with van der Waals surface area (Å²) in [5, 5.41) is 12.6. The van der Waals surface area contributed by atoms with Gasteiger partial charge in [0.1, 0.15) is 11.6 Å². The van der Waals surface area contributed by atoms with Crippen molar-refractivity contribution >= 4 is 27.6 Å². The van der Waals surface area contributed by atoms with Gasteiger partial charge < -0.3 is 14.6 Å². The monoisotopic (exact) mass is 473 g/mol. The van der Waals surface area contributed by atoms with Crippen LogP contribution in [0.2, 0.25) is 0 Å². The number of hydrogen-bond donors (Lipinski definition) is 1. The number of fused-ring (bicyclic) bond motifs is 1. The summed E-state index contributed by atoms with van der Waals surface area (Å²) in [5.41, 5.74) is 4.25. The van der Waals surface area contributed by atoms with Crippen LogP contribution in [0.25, 0.3) is 32.8 Å². The first kappa shape index (κ1) is 23.2. The van der Waals surface area contributed by atoms with E-state index in [-0.39, 0.29) is 5.82 Å². The molecule has 3 aromatic carbocycles. The van der Waals surface area contributed by atoms with Crippen molar-refractivity contribution in [1.29, 1.82) is 0 Å². The Kier molecular flexibility index (Phi) is 5.52. The van der Waals surface area contributed by atoms with Crippen LogP contribution in [0.3, 0.4) is 0 Å². The number of ether oxygens (including phenoxy) is 2. The lowest BCUT2D eigenvalue weighted by atomic mass is 9.85. The zero-order chi connectivity index (χ0) is 25.1. The zero-order valence-corrected chi connectivity index (χ0v) is 20.5. The number of rotatable bonds is 4. The van der Waals surface area contributed by atoms with Gasteiger partial charge in [0.2, 0.25) is 0 Å². The maximum Gasteiger partial charge on any atom is 0.337 e. The molecule has 1 aliphatic heterocycles. The van der Waals surface area contributed by atoms with Gasteiger partial charge >= 0.3 is 5.97 Å². The van der Waals surface area contributed by atoms with Crippen molar-refractivity contribution in [2.75, 3.05) is 6.61 Å². The number of carboxylic acids is 1. The molecule has 1 aromatic heterocycles. The molecular formula is C29H28FNO4. The lowest BCUT2D eigenvalue weighted by molar-refractivity contribution is -0.160. The molecule has 6 heteroatoms. The van der Waals surface area contributed by atoms with E-state index in [0.717, 1.165) is 39.6 Å². The second kappa shape index (κ2) is 8.31. The molecule has 1 N–H and O–H groups in total. The van der Waals surface area contributed by atoms with E-state index in [2.05, 4.69) is 0 Å². The van der Waals surface area contributed by atoms with Crippen molar-refractivity contribution in [3.05, 3.63) is 70.7 Å². The second-order valence-electron chi connectivity index (χ2n) is 10.2. The molecule has 0 radical (unpaired) electrons. The number of halogens is 1. The second-order valence-corrected chi connectivity index (χ2v) is 10.2. The average Bonchev–Trinajstić information content (AvgIpc) is 2.78. The fraction of sp³-hybridized carbons (Fsp3) is 0.310. The van der Waals surface area contributed by atoms with Gasteiger partial charge in [0, 0.05) is 29.1 Å². The Balaban J connectivity index is 1.94. The van der Waals surface area contributed by atoms with Gasteiger partial charge in [0.15, 0.2) is 6.10 Å². The van der Waals surface area contributed by atoms with Crippen LogP contribution in [0.5, 0.6) is 5.75 Å². The molecule has 4 aromatic rings. The molecule has 0 bridgehead atoms. The molecule has 1 unspecified atom stereocenters. The summed E-state index contributed by atoms with van der Waals surface area (Å²) in [7, 11) is 0. The number of pyridine rings is 1. The van der Waals surface area contributed by atoms with Gasteiger partial charge in [-0.1, -0.05) is 6.07 Å². The Morgan fingerprint density at radius 2 is 1.89 bits per heavy atom. The van der Waals surface area contributed by atoms with Crippen molar-refractivity contribution in [3.8, 4) is 16.9 Å². The maximum absolute atomic E-state index is 14.9. The first-order valence-corrected chi connectivity index (χ1v) is 11.7. The van der Waals surface area contributed by atoms with Gasteiger partial charge in [-0.15, -0.1) is 0 Å². The largest absolute Gasteiger partial charge is 0.493 e.